The molecule has 0 bridgehead atoms. The van der Waals surface area contributed by atoms with Crippen LogP contribution in [0.3, 0.4) is 0 Å². The van der Waals surface area contributed by atoms with Gasteiger partial charge in [0, 0.05) is 12.6 Å². The molecule has 12 heavy (non-hydrogen) atoms. The summed E-state index contributed by atoms with van der Waals surface area (Å²) in [4.78, 5) is 14.1. The van der Waals surface area contributed by atoms with E-state index in [9.17, 15) is 4.79 Å². The van der Waals surface area contributed by atoms with Gasteiger partial charge in [-0.05, 0) is 6.08 Å². The first kappa shape index (κ1) is 8.52. The minimum atomic E-state index is 0.584. The lowest BCUT2D eigenvalue weighted by Gasteiger charge is -2.06. The van der Waals surface area contributed by atoms with Crippen LogP contribution in [-0.2, 0) is 9.53 Å². The Morgan fingerprint density at radius 1 is 1.75 bits per heavy atom. The highest BCUT2D eigenvalue weighted by molar-refractivity contribution is 5.63. The van der Waals surface area contributed by atoms with Crippen molar-refractivity contribution in [3.05, 3.63) is 23.7 Å². The molecule has 0 aromatic carbocycles. The third-order valence-electron chi connectivity index (χ3n) is 1.42. The Morgan fingerprint density at radius 2 is 2.58 bits per heavy atom. The molecular weight excluding hydrogens is 156 g/mol. The number of ether oxygens (including phenoxy) is 1. The molecule has 0 radical (unpaired) electrons. The SMILES string of the molecule is COC1=CCC=NC=C1NC=O. The predicted molar refractivity (Wildman–Crippen MR) is 45.5 cm³/mol. The topological polar surface area (TPSA) is 50.7 Å². The first-order chi connectivity index (χ1) is 5.88. The summed E-state index contributed by atoms with van der Waals surface area (Å²) in [5.74, 6) is 0.639. The summed E-state index contributed by atoms with van der Waals surface area (Å²) in [5, 5.41) is 2.50. The monoisotopic (exact) mass is 166 g/mol. The zero-order chi connectivity index (χ0) is 8.81. The van der Waals surface area contributed by atoms with Crippen LogP contribution in [0.2, 0.25) is 0 Å². The Morgan fingerprint density at radius 3 is 3.25 bits per heavy atom. The van der Waals surface area contributed by atoms with Crippen LogP contribution in [0.1, 0.15) is 6.42 Å². The van der Waals surface area contributed by atoms with Crippen LogP contribution >= 0.6 is 0 Å². The molecule has 4 nitrogen and oxygen atoms in total. The van der Waals surface area contributed by atoms with Crippen molar-refractivity contribution in [3.8, 4) is 0 Å². The van der Waals surface area contributed by atoms with Crippen LogP contribution in [0, 0.1) is 0 Å². The zero-order valence-corrected chi connectivity index (χ0v) is 6.78. The van der Waals surface area contributed by atoms with Gasteiger partial charge in [-0.25, -0.2) is 0 Å². The molecular formula is C8H10N2O2. The predicted octanol–water partition coefficient (Wildman–Crippen LogP) is 0.579. The quantitative estimate of drug-likeness (QED) is 0.623. The van der Waals surface area contributed by atoms with Gasteiger partial charge in [-0.15, -0.1) is 0 Å². The number of carbonyl (C=O) groups is 1. The van der Waals surface area contributed by atoms with Crippen molar-refractivity contribution >= 4 is 12.6 Å². The highest BCUT2D eigenvalue weighted by Gasteiger charge is 2.04. The Hall–Kier alpha value is -1.58. The van der Waals surface area contributed by atoms with Gasteiger partial charge in [0.25, 0.3) is 0 Å². The van der Waals surface area contributed by atoms with E-state index in [1.807, 2.05) is 6.08 Å². The number of nitrogens with zero attached hydrogens (tertiary/aromatic N) is 1. The molecule has 0 aromatic heterocycles. The van der Waals surface area contributed by atoms with Crippen molar-refractivity contribution in [2.24, 2.45) is 4.99 Å². The van der Waals surface area contributed by atoms with Gasteiger partial charge in [-0.2, -0.15) is 0 Å². The lowest BCUT2D eigenvalue weighted by Crippen LogP contribution is -2.12. The van der Waals surface area contributed by atoms with E-state index in [0.29, 0.717) is 24.3 Å². The molecule has 0 aromatic rings. The molecule has 64 valence electrons. The summed E-state index contributed by atoms with van der Waals surface area (Å²) in [7, 11) is 1.55. The van der Waals surface area contributed by atoms with E-state index in [1.54, 1.807) is 19.5 Å². The van der Waals surface area contributed by atoms with Crippen LogP contribution in [-0.4, -0.2) is 19.7 Å². The Bertz CT molecular complexity index is 254. The number of aliphatic imine (C=N–C) groups is 1. The van der Waals surface area contributed by atoms with E-state index in [0.717, 1.165) is 0 Å². The summed E-state index contributed by atoms with van der Waals surface area (Å²) in [6.07, 6.45) is 6.44. The minimum Gasteiger partial charge on any atom is -0.495 e. The maximum absolute atomic E-state index is 10.2. The van der Waals surface area contributed by atoms with E-state index in [-0.39, 0.29) is 0 Å². The molecule has 0 saturated heterocycles. The number of nitrogens with one attached hydrogen (secondary N) is 1. The van der Waals surface area contributed by atoms with Crippen LogP contribution in [0.5, 0.6) is 0 Å². The number of allylic oxidation sites excluding steroid dienone is 1. The molecule has 1 N–H and O–H groups in total. The third-order valence-corrected chi connectivity index (χ3v) is 1.42. The fourth-order valence-corrected chi connectivity index (χ4v) is 0.887. The number of amides is 1. The molecule has 1 aliphatic rings. The van der Waals surface area contributed by atoms with Crippen molar-refractivity contribution in [1.29, 1.82) is 0 Å². The summed E-state index contributed by atoms with van der Waals surface area (Å²) in [5.41, 5.74) is 0.584. The first-order valence-corrected chi connectivity index (χ1v) is 3.55. The number of rotatable bonds is 3. The summed E-state index contributed by atoms with van der Waals surface area (Å²) in [6, 6.07) is 0. The van der Waals surface area contributed by atoms with Crippen LogP contribution in [0.15, 0.2) is 28.7 Å². The maximum Gasteiger partial charge on any atom is 0.211 e. The number of methoxy groups -OCH3 is 1. The van der Waals surface area contributed by atoms with Crippen molar-refractivity contribution in [1.82, 2.24) is 5.32 Å². The molecule has 0 atom stereocenters. The molecule has 0 aliphatic carbocycles. The number of carbonyl (C=O) groups excluding carboxylic acids is 1. The van der Waals surface area contributed by atoms with Crippen LogP contribution in [0.4, 0.5) is 0 Å². The van der Waals surface area contributed by atoms with Crippen molar-refractivity contribution in [2.75, 3.05) is 7.11 Å². The third kappa shape index (κ3) is 1.95. The van der Waals surface area contributed by atoms with Crippen LogP contribution < -0.4 is 5.32 Å². The standard InChI is InChI=1S/C8H10N2O2/c1-12-8-3-2-4-9-5-7(8)10-6-11/h3-6H,2H2,1H3,(H,10,11). The lowest BCUT2D eigenvalue weighted by molar-refractivity contribution is -0.109. The van der Waals surface area contributed by atoms with Crippen molar-refractivity contribution < 1.29 is 9.53 Å². The Balaban J connectivity index is 2.81. The smallest absolute Gasteiger partial charge is 0.211 e. The molecule has 0 spiro atoms. The molecule has 0 saturated carbocycles. The Kier molecular flexibility index (Phi) is 3.07. The highest BCUT2D eigenvalue weighted by atomic mass is 16.5. The molecule has 0 unspecified atom stereocenters. The summed E-state index contributed by atoms with van der Waals surface area (Å²) >= 11 is 0. The lowest BCUT2D eigenvalue weighted by atomic mass is 10.3. The van der Waals surface area contributed by atoms with Gasteiger partial charge in [0.05, 0.1) is 13.3 Å². The maximum atomic E-state index is 10.2. The van der Waals surface area contributed by atoms with Gasteiger partial charge >= 0.3 is 0 Å². The second kappa shape index (κ2) is 4.33. The van der Waals surface area contributed by atoms with E-state index in [4.69, 9.17) is 4.74 Å². The van der Waals surface area contributed by atoms with Gasteiger partial charge in [0.1, 0.15) is 11.5 Å². The number of hydrogen-bond donors (Lipinski definition) is 1. The fraction of sp³-hybridized carbons (Fsp3) is 0.250. The van der Waals surface area contributed by atoms with E-state index in [2.05, 4.69) is 10.3 Å². The number of hydrogen-bond acceptors (Lipinski definition) is 3. The minimum absolute atomic E-state index is 0.584. The van der Waals surface area contributed by atoms with E-state index < -0.39 is 0 Å². The second-order valence-electron chi connectivity index (χ2n) is 2.14. The van der Waals surface area contributed by atoms with Gasteiger partial charge < -0.3 is 10.1 Å². The highest BCUT2D eigenvalue weighted by Crippen LogP contribution is 2.10. The molecule has 1 heterocycles. The van der Waals surface area contributed by atoms with Gasteiger partial charge in [0.2, 0.25) is 6.41 Å². The van der Waals surface area contributed by atoms with E-state index in [1.165, 1.54) is 0 Å². The molecule has 0 fully saturated rings. The zero-order valence-electron chi connectivity index (χ0n) is 6.78. The molecule has 1 aliphatic heterocycles. The summed E-state index contributed by atoms with van der Waals surface area (Å²) < 4.78 is 5.03. The Labute approximate surface area is 70.6 Å². The van der Waals surface area contributed by atoms with Gasteiger partial charge in [-0.1, -0.05) is 0 Å². The van der Waals surface area contributed by atoms with Crippen molar-refractivity contribution in [3.63, 3.8) is 0 Å². The van der Waals surface area contributed by atoms with Gasteiger partial charge in [0.15, 0.2) is 0 Å². The van der Waals surface area contributed by atoms with Gasteiger partial charge in [-0.3, -0.25) is 9.79 Å². The molecule has 4 heteroatoms. The average Bonchev–Trinajstić information content (AvgIpc) is 2.30. The first-order valence-electron chi connectivity index (χ1n) is 3.55. The molecule has 1 amide bonds. The van der Waals surface area contributed by atoms with Crippen LogP contribution in [0.25, 0.3) is 0 Å². The second-order valence-corrected chi connectivity index (χ2v) is 2.14. The summed E-state index contributed by atoms with van der Waals surface area (Å²) in [6.45, 7) is 0. The molecule has 1 rings (SSSR count). The average molecular weight is 166 g/mol. The largest absolute Gasteiger partial charge is 0.495 e. The van der Waals surface area contributed by atoms with Crippen molar-refractivity contribution in [2.45, 2.75) is 6.42 Å². The van der Waals surface area contributed by atoms with E-state index >= 15 is 0 Å². The fourth-order valence-electron chi connectivity index (χ4n) is 0.887. The normalized spacial score (nSPS) is 15.8.